The molecule has 1 amide bonds. The third kappa shape index (κ3) is 2.95. The van der Waals surface area contributed by atoms with E-state index in [1.807, 2.05) is 56.7 Å². The quantitative estimate of drug-likeness (QED) is 0.683. The number of pyridine rings is 1. The summed E-state index contributed by atoms with van der Waals surface area (Å²) in [7, 11) is 1.83. The SMILES string of the molecule is CCN(C)C(=O)c1ccc2c(c1)N(c1ncc(-c3ccccn3)cn1)CC21CC1. The number of aromatic nitrogens is 3. The van der Waals surface area contributed by atoms with Crippen LogP contribution in [0.3, 0.4) is 0 Å². The Labute approximate surface area is 170 Å². The molecule has 0 atom stereocenters. The van der Waals surface area contributed by atoms with Gasteiger partial charge in [-0.2, -0.15) is 0 Å². The van der Waals surface area contributed by atoms with Crippen molar-refractivity contribution in [3.8, 4) is 11.3 Å². The number of anilines is 2. The molecule has 1 aliphatic carbocycles. The Balaban J connectivity index is 1.50. The average Bonchev–Trinajstić information content (AvgIpc) is 3.50. The van der Waals surface area contributed by atoms with Gasteiger partial charge in [0.05, 0.1) is 5.69 Å². The standard InChI is InChI=1S/C23H23N5O/c1-3-27(2)21(29)16-7-8-18-20(12-16)28(15-23(18)9-10-23)22-25-13-17(14-26-22)19-6-4-5-11-24-19/h4-8,11-14H,3,9-10,15H2,1-2H3. The summed E-state index contributed by atoms with van der Waals surface area (Å²) < 4.78 is 0. The smallest absolute Gasteiger partial charge is 0.253 e. The molecule has 0 radical (unpaired) electrons. The molecule has 146 valence electrons. The van der Waals surface area contributed by atoms with E-state index in [0.717, 1.165) is 23.5 Å². The van der Waals surface area contributed by atoms with Crippen molar-refractivity contribution in [2.45, 2.75) is 25.2 Å². The summed E-state index contributed by atoms with van der Waals surface area (Å²) in [6.07, 6.45) is 7.75. The van der Waals surface area contributed by atoms with Crippen LogP contribution in [0.15, 0.2) is 55.0 Å². The van der Waals surface area contributed by atoms with Crippen LogP contribution >= 0.6 is 0 Å². The van der Waals surface area contributed by atoms with E-state index in [4.69, 9.17) is 0 Å². The van der Waals surface area contributed by atoms with Crippen LogP contribution in [-0.4, -0.2) is 45.9 Å². The number of fused-ring (bicyclic) bond motifs is 2. The second kappa shape index (κ2) is 6.65. The van der Waals surface area contributed by atoms with Crippen molar-refractivity contribution < 1.29 is 4.79 Å². The van der Waals surface area contributed by atoms with Crippen molar-refractivity contribution in [2.24, 2.45) is 0 Å². The molecule has 1 aromatic carbocycles. The fourth-order valence-corrected chi connectivity index (χ4v) is 4.06. The number of hydrogen-bond acceptors (Lipinski definition) is 5. The van der Waals surface area contributed by atoms with Gasteiger partial charge in [-0.1, -0.05) is 12.1 Å². The van der Waals surface area contributed by atoms with Crippen molar-refractivity contribution in [3.05, 3.63) is 66.1 Å². The van der Waals surface area contributed by atoms with Crippen LogP contribution in [0.4, 0.5) is 11.6 Å². The van der Waals surface area contributed by atoms with Gasteiger partial charge in [0.1, 0.15) is 0 Å². The molecule has 1 spiro atoms. The number of hydrogen-bond donors (Lipinski definition) is 0. The molecule has 1 aliphatic heterocycles. The molecule has 29 heavy (non-hydrogen) atoms. The lowest BCUT2D eigenvalue weighted by molar-refractivity contribution is 0.0802. The Hall–Kier alpha value is -3.28. The third-order valence-electron chi connectivity index (χ3n) is 6.08. The Morgan fingerprint density at radius 2 is 1.93 bits per heavy atom. The first kappa shape index (κ1) is 17.8. The van der Waals surface area contributed by atoms with Gasteiger partial charge in [0.15, 0.2) is 0 Å². The fraction of sp³-hybridized carbons (Fsp3) is 0.304. The number of amides is 1. The predicted octanol–water partition coefficient (Wildman–Crippen LogP) is 3.81. The first-order valence-corrected chi connectivity index (χ1v) is 10.0. The molecular weight excluding hydrogens is 362 g/mol. The molecule has 2 aliphatic rings. The van der Waals surface area contributed by atoms with Crippen LogP contribution in [0.2, 0.25) is 0 Å². The minimum atomic E-state index is 0.0402. The number of carbonyl (C=O) groups is 1. The molecule has 5 rings (SSSR count). The molecule has 1 fully saturated rings. The van der Waals surface area contributed by atoms with E-state index >= 15 is 0 Å². The van der Waals surface area contributed by atoms with Crippen LogP contribution < -0.4 is 4.90 Å². The average molecular weight is 385 g/mol. The molecule has 3 aromatic rings. The Bertz CT molecular complexity index is 1060. The van der Waals surface area contributed by atoms with E-state index < -0.39 is 0 Å². The van der Waals surface area contributed by atoms with Crippen molar-refractivity contribution >= 4 is 17.5 Å². The van der Waals surface area contributed by atoms with E-state index in [-0.39, 0.29) is 11.3 Å². The van der Waals surface area contributed by atoms with Crippen molar-refractivity contribution in [1.29, 1.82) is 0 Å². The lowest BCUT2D eigenvalue weighted by Gasteiger charge is -2.19. The molecule has 2 aromatic heterocycles. The van der Waals surface area contributed by atoms with Gasteiger partial charge in [-0.15, -0.1) is 0 Å². The van der Waals surface area contributed by atoms with Crippen LogP contribution in [-0.2, 0) is 5.41 Å². The highest BCUT2D eigenvalue weighted by atomic mass is 16.2. The third-order valence-corrected chi connectivity index (χ3v) is 6.08. The first-order chi connectivity index (χ1) is 14.1. The van der Waals surface area contributed by atoms with Crippen LogP contribution in [0.1, 0.15) is 35.7 Å². The number of rotatable bonds is 4. The summed E-state index contributed by atoms with van der Waals surface area (Å²) >= 11 is 0. The van der Waals surface area contributed by atoms with Gasteiger partial charge in [0, 0.05) is 61.0 Å². The maximum Gasteiger partial charge on any atom is 0.253 e. The minimum absolute atomic E-state index is 0.0402. The number of benzene rings is 1. The lowest BCUT2D eigenvalue weighted by Crippen LogP contribution is -2.26. The highest BCUT2D eigenvalue weighted by molar-refractivity contribution is 5.96. The topological polar surface area (TPSA) is 62.2 Å². The summed E-state index contributed by atoms with van der Waals surface area (Å²) in [6.45, 7) is 3.53. The van der Waals surface area contributed by atoms with Crippen molar-refractivity contribution in [2.75, 3.05) is 25.0 Å². The van der Waals surface area contributed by atoms with Gasteiger partial charge in [0.25, 0.3) is 5.91 Å². The van der Waals surface area contributed by atoms with Crippen LogP contribution in [0, 0.1) is 0 Å². The van der Waals surface area contributed by atoms with Gasteiger partial charge in [-0.3, -0.25) is 9.78 Å². The summed E-state index contributed by atoms with van der Waals surface area (Å²) in [4.78, 5) is 30.2. The largest absolute Gasteiger partial charge is 0.342 e. The summed E-state index contributed by atoms with van der Waals surface area (Å²) in [5, 5.41) is 0. The van der Waals surface area contributed by atoms with Crippen LogP contribution in [0.5, 0.6) is 0 Å². The highest BCUT2D eigenvalue weighted by Gasteiger charge is 2.52. The molecule has 0 bridgehead atoms. The molecule has 6 heteroatoms. The van der Waals surface area contributed by atoms with E-state index in [1.165, 1.54) is 18.4 Å². The van der Waals surface area contributed by atoms with Crippen molar-refractivity contribution in [3.63, 3.8) is 0 Å². The van der Waals surface area contributed by atoms with Crippen molar-refractivity contribution in [1.82, 2.24) is 19.9 Å². The Morgan fingerprint density at radius 3 is 2.59 bits per heavy atom. The molecule has 0 N–H and O–H groups in total. The van der Waals surface area contributed by atoms with Crippen LogP contribution in [0.25, 0.3) is 11.3 Å². The molecule has 0 saturated heterocycles. The molecule has 0 unspecified atom stereocenters. The second-order valence-electron chi connectivity index (χ2n) is 7.90. The van der Waals surface area contributed by atoms with Gasteiger partial charge >= 0.3 is 0 Å². The van der Waals surface area contributed by atoms with Gasteiger partial charge in [-0.25, -0.2) is 9.97 Å². The zero-order valence-corrected chi connectivity index (χ0v) is 16.7. The van der Waals surface area contributed by atoms with Gasteiger partial charge in [-0.05, 0) is 49.6 Å². The fourth-order valence-electron chi connectivity index (χ4n) is 4.06. The Kier molecular flexibility index (Phi) is 4.08. The zero-order chi connectivity index (χ0) is 20.0. The molecule has 1 saturated carbocycles. The van der Waals surface area contributed by atoms with E-state index in [2.05, 4.69) is 25.9 Å². The molecule has 3 heterocycles. The van der Waals surface area contributed by atoms with Gasteiger partial charge in [0.2, 0.25) is 5.95 Å². The number of nitrogens with zero attached hydrogens (tertiary/aromatic N) is 5. The van der Waals surface area contributed by atoms with E-state index in [9.17, 15) is 4.79 Å². The van der Waals surface area contributed by atoms with E-state index in [1.54, 1.807) is 11.1 Å². The Morgan fingerprint density at radius 1 is 1.14 bits per heavy atom. The normalized spacial score (nSPS) is 16.0. The lowest BCUT2D eigenvalue weighted by atomic mass is 9.97. The number of carbonyl (C=O) groups excluding carboxylic acids is 1. The summed E-state index contributed by atoms with van der Waals surface area (Å²) in [6, 6.07) is 11.9. The van der Waals surface area contributed by atoms with E-state index in [0.29, 0.717) is 18.1 Å². The maximum atomic E-state index is 12.7. The zero-order valence-electron chi connectivity index (χ0n) is 16.7. The summed E-state index contributed by atoms with van der Waals surface area (Å²) in [5.74, 6) is 0.710. The maximum absolute atomic E-state index is 12.7. The van der Waals surface area contributed by atoms with Gasteiger partial charge < -0.3 is 9.80 Å². The first-order valence-electron chi connectivity index (χ1n) is 10.0. The predicted molar refractivity (Wildman–Crippen MR) is 112 cm³/mol. The summed E-state index contributed by atoms with van der Waals surface area (Å²) in [5.41, 5.74) is 5.02. The minimum Gasteiger partial charge on any atom is -0.342 e. The molecular formula is C23H23N5O. The highest BCUT2D eigenvalue weighted by Crippen LogP contribution is 2.57. The monoisotopic (exact) mass is 385 g/mol. The molecule has 6 nitrogen and oxygen atoms in total. The second-order valence-corrected chi connectivity index (χ2v) is 7.90.